The maximum absolute atomic E-state index is 18.0. The Morgan fingerprint density at radius 2 is 1.78 bits per heavy atom. The summed E-state index contributed by atoms with van der Waals surface area (Å²) < 4.78 is 97.1. The number of fused-ring (bicyclic) bond motifs is 4. The van der Waals surface area contributed by atoms with Crippen LogP contribution in [0, 0.1) is 23.1 Å². The molecular formula is C45H56F3N5O5Si. The molecule has 0 bridgehead atoms. The Morgan fingerprint density at radius 1 is 1.00 bits per heavy atom. The van der Waals surface area contributed by atoms with E-state index in [0.717, 1.165) is 6.42 Å². The normalized spacial score (nSPS) is 23.9. The largest absolute Gasteiger partial charge is 0.480 e. The summed E-state index contributed by atoms with van der Waals surface area (Å²) in [5.41, 5.74) is 3.06. The molecule has 5 heterocycles. The SMILES string of the molecule is [2H]C([2H])(Oc1nc(N2CCCO[C@@H]3C[C@@H]32)c2c(OC)nc(-c3cc(OCOC)cc4ccc(F)c(C#C[Si](C(C)C)(C(C)C)C(C)C)c34)c(F)c2n1)[C@@]12CCCN1C[C@H](F)C2. The van der Waals surface area contributed by atoms with Gasteiger partial charge in [0.2, 0.25) is 5.88 Å². The molecule has 1 aliphatic carbocycles. The summed E-state index contributed by atoms with van der Waals surface area (Å²) in [7, 11) is 0.545. The number of benzene rings is 2. The van der Waals surface area contributed by atoms with Gasteiger partial charge in [-0.3, -0.25) is 4.90 Å². The van der Waals surface area contributed by atoms with Gasteiger partial charge in [-0.1, -0.05) is 53.5 Å². The van der Waals surface area contributed by atoms with Crippen molar-refractivity contribution >= 4 is 35.6 Å². The number of hydrogen-bond donors (Lipinski definition) is 0. The van der Waals surface area contributed by atoms with E-state index >= 15 is 8.78 Å². The third kappa shape index (κ3) is 7.40. The topological polar surface area (TPSA) is 91.3 Å². The second kappa shape index (κ2) is 16.4. The second-order valence-electron chi connectivity index (χ2n) is 17.4. The standard InChI is InChI=1S/C45H56F3N5O5Si/c1-26(2)59(27(3)4,28(5)6)18-13-32-34(47)12-11-29-19-31(58-25-54-7)20-33(37(29)32)40-39(48)41-38(43(49-40)55-8)42(53-16-10-17-56-36-21-35(36)53)51-44(50-41)57-24-45-14-9-15-52(45)23-30(46)22-45/h11-12,19-20,26-28,30,35-36H,9-10,14-17,21-25H2,1-8H3/t30-,35+,36-,45+/m1/s1/i24D2. The molecule has 14 heteroatoms. The Labute approximate surface area is 348 Å². The second-order valence-corrected chi connectivity index (χ2v) is 23.0. The van der Waals surface area contributed by atoms with Crippen molar-refractivity contribution in [3.8, 4) is 40.4 Å². The van der Waals surface area contributed by atoms with Gasteiger partial charge in [0.15, 0.2) is 12.6 Å². The van der Waals surface area contributed by atoms with E-state index in [1.54, 1.807) is 18.2 Å². The van der Waals surface area contributed by atoms with Crippen LogP contribution in [0.15, 0.2) is 24.3 Å². The summed E-state index contributed by atoms with van der Waals surface area (Å²) in [6.07, 6.45) is 1.12. The van der Waals surface area contributed by atoms with Crippen molar-refractivity contribution in [1.29, 1.82) is 0 Å². The van der Waals surface area contributed by atoms with Crippen LogP contribution in [0.2, 0.25) is 16.6 Å². The highest BCUT2D eigenvalue weighted by Gasteiger charge is 2.50. The Bertz CT molecular complexity index is 2380. The number of halogens is 3. The molecule has 0 N–H and O–H groups in total. The monoisotopic (exact) mass is 833 g/mol. The fraction of sp³-hybridized carbons (Fsp3) is 0.578. The van der Waals surface area contributed by atoms with E-state index < -0.39 is 44.0 Å². The maximum atomic E-state index is 18.0. The molecule has 3 aliphatic heterocycles. The van der Waals surface area contributed by atoms with Crippen LogP contribution in [0.25, 0.3) is 32.9 Å². The van der Waals surface area contributed by atoms with Gasteiger partial charge in [-0.2, -0.15) is 9.97 Å². The number of aromatic nitrogens is 3. The summed E-state index contributed by atoms with van der Waals surface area (Å²) in [6, 6.07) is 5.79. The number of methoxy groups -OCH3 is 2. The van der Waals surface area contributed by atoms with Crippen LogP contribution in [0.4, 0.5) is 19.0 Å². The third-order valence-corrected chi connectivity index (χ3v) is 19.3. The molecule has 2 aromatic carbocycles. The molecule has 4 fully saturated rings. The summed E-state index contributed by atoms with van der Waals surface area (Å²) in [4.78, 5) is 18.0. The predicted octanol–water partition coefficient (Wildman–Crippen LogP) is 9.01. The van der Waals surface area contributed by atoms with Gasteiger partial charge in [0.05, 0.1) is 33.1 Å². The average molecular weight is 834 g/mol. The molecule has 316 valence electrons. The molecule has 0 spiro atoms. The lowest BCUT2D eigenvalue weighted by molar-refractivity contribution is 0.0512. The van der Waals surface area contributed by atoms with Gasteiger partial charge in [0, 0.05) is 44.2 Å². The maximum Gasteiger partial charge on any atom is 0.319 e. The zero-order chi connectivity index (χ0) is 43.6. The van der Waals surface area contributed by atoms with Crippen molar-refractivity contribution in [3.63, 3.8) is 0 Å². The minimum Gasteiger partial charge on any atom is -0.480 e. The first kappa shape index (κ1) is 39.0. The van der Waals surface area contributed by atoms with Crippen LogP contribution in [0.5, 0.6) is 17.6 Å². The molecule has 2 aromatic heterocycles. The first-order valence-corrected chi connectivity index (χ1v) is 23.1. The van der Waals surface area contributed by atoms with Crippen molar-refractivity contribution in [3.05, 3.63) is 41.5 Å². The predicted molar refractivity (Wildman–Crippen MR) is 226 cm³/mol. The minimum atomic E-state index is -2.44. The van der Waals surface area contributed by atoms with E-state index in [2.05, 4.69) is 58.0 Å². The van der Waals surface area contributed by atoms with Crippen molar-refractivity contribution in [2.45, 2.75) is 114 Å². The number of anilines is 1. The summed E-state index contributed by atoms with van der Waals surface area (Å²) in [5.74, 6) is 2.43. The lowest BCUT2D eigenvalue weighted by Crippen LogP contribution is -2.43. The van der Waals surface area contributed by atoms with E-state index in [-0.39, 0.29) is 87.9 Å². The van der Waals surface area contributed by atoms with E-state index in [4.69, 9.17) is 33.7 Å². The number of rotatable bonds is 12. The van der Waals surface area contributed by atoms with Crippen LogP contribution < -0.4 is 19.1 Å². The van der Waals surface area contributed by atoms with Gasteiger partial charge in [-0.25, -0.2) is 18.2 Å². The van der Waals surface area contributed by atoms with E-state index in [0.29, 0.717) is 55.5 Å². The third-order valence-electron chi connectivity index (χ3n) is 13.0. The molecule has 10 nitrogen and oxygen atoms in total. The lowest BCUT2D eigenvalue weighted by atomic mass is 9.95. The molecular weight excluding hydrogens is 776 g/mol. The molecule has 4 aliphatic rings. The van der Waals surface area contributed by atoms with Gasteiger partial charge < -0.3 is 28.6 Å². The molecule has 59 heavy (non-hydrogen) atoms. The van der Waals surface area contributed by atoms with Crippen molar-refractivity contribution in [1.82, 2.24) is 19.9 Å². The highest BCUT2D eigenvalue weighted by molar-refractivity contribution is 6.90. The molecule has 3 saturated heterocycles. The fourth-order valence-corrected chi connectivity index (χ4v) is 15.4. The van der Waals surface area contributed by atoms with Crippen molar-refractivity contribution in [2.75, 3.05) is 58.7 Å². The zero-order valence-corrected chi connectivity index (χ0v) is 36.3. The van der Waals surface area contributed by atoms with E-state index in [9.17, 15) is 7.13 Å². The average Bonchev–Trinajstić information content (AvgIpc) is 3.79. The highest BCUT2D eigenvalue weighted by Crippen LogP contribution is 2.47. The Hall–Kier alpha value is -4.16. The summed E-state index contributed by atoms with van der Waals surface area (Å²) in [5, 5.41) is 1.03. The Kier molecular flexibility index (Phi) is 10.8. The number of hydrogen-bond acceptors (Lipinski definition) is 10. The van der Waals surface area contributed by atoms with Gasteiger partial charge in [0.1, 0.15) is 54.8 Å². The van der Waals surface area contributed by atoms with Crippen LogP contribution in [-0.4, -0.2) is 106 Å². The van der Waals surface area contributed by atoms with Crippen LogP contribution >= 0.6 is 0 Å². The minimum absolute atomic E-state index is 0.00111. The molecule has 1 saturated carbocycles. The quantitative estimate of drug-likeness (QED) is 0.0783. The number of pyridine rings is 1. The molecule has 4 atom stereocenters. The Morgan fingerprint density at radius 3 is 2.51 bits per heavy atom. The zero-order valence-electron chi connectivity index (χ0n) is 37.3. The molecule has 4 aromatic rings. The smallest absolute Gasteiger partial charge is 0.319 e. The van der Waals surface area contributed by atoms with Crippen LogP contribution in [0.3, 0.4) is 0 Å². The lowest BCUT2D eigenvalue weighted by Gasteiger charge is -2.38. The van der Waals surface area contributed by atoms with Crippen molar-refractivity contribution in [2.24, 2.45) is 0 Å². The first-order valence-electron chi connectivity index (χ1n) is 21.9. The van der Waals surface area contributed by atoms with E-state index in [1.165, 1.54) is 20.3 Å². The molecule has 0 amide bonds. The van der Waals surface area contributed by atoms with Gasteiger partial charge in [-0.05, 0) is 72.4 Å². The first-order chi connectivity index (χ1) is 29.1. The van der Waals surface area contributed by atoms with Gasteiger partial charge in [0.25, 0.3) is 0 Å². The fourth-order valence-electron chi connectivity index (χ4n) is 10.2. The number of alkyl halides is 1. The molecule has 0 unspecified atom stereocenters. The highest BCUT2D eigenvalue weighted by atomic mass is 28.3. The van der Waals surface area contributed by atoms with E-state index in [1.807, 2.05) is 9.80 Å². The van der Waals surface area contributed by atoms with Crippen LogP contribution in [0.1, 0.15) is 82.0 Å². The van der Waals surface area contributed by atoms with Crippen LogP contribution in [-0.2, 0) is 9.47 Å². The van der Waals surface area contributed by atoms with Gasteiger partial charge >= 0.3 is 6.01 Å². The molecule has 8 rings (SSSR count). The number of ether oxygens (including phenoxy) is 5. The summed E-state index contributed by atoms with van der Waals surface area (Å²) in [6.45, 7) is 12.2. The summed E-state index contributed by atoms with van der Waals surface area (Å²) >= 11 is 0. The van der Waals surface area contributed by atoms with Crippen molar-refractivity contribution < 1.29 is 39.6 Å². The molecule has 0 radical (unpaired) electrons. The number of nitrogens with zero attached hydrogens (tertiary/aromatic N) is 5. The van der Waals surface area contributed by atoms with Gasteiger partial charge in [-0.15, -0.1) is 5.54 Å². The Balaban J connectivity index is 1.39.